The minimum atomic E-state index is -0.252. The number of nitrogens with one attached hydrogen (secondary N) is 2. The molecule has 0 fully saturated rings. The van der Waals surface area contributed by atoms with Crippen molar-refractivity contribution in [2.24, 2.45) is 4.99 Å². The van der Waals surface area contributed by atoms with Crippen LogP contribution in [0.1, 0.15) is 23.7 Å². The van der Waals surface area contributed by atoms with Gasteiger partial charge in [-0.25, -0.2) is 9.07 Å². The standard InChI is InChI=1S/C22H21FN4O/c1-14(21-15(2)26-27(22(21)28)18-6-4-3-5-7-18)24-11-10-16-13-25-20-9-8-17(23)12-19(16)20/h3-9,12-13,25-26H,10-11H2,1-2H3. The van der Waals surface area contributed by atoms with Crippen LogP contribution in [0.25, 0.3) is 16.6 Å². The number of aromatic amines is 2. The van der Waals surface area contributed by atoms with Crippen LogP contribution in [0.15, 0.2) is 64.5 Å². The molecular weight excluding hydrogens is 355 g/mol. The van der Waals surface area contributed by atoms with E-state index in [1.807, 2.05) is 50.4 Å². The van der Waals surface area contributed by atoms with E-state index in [-0.39, 0.29) is 11.4 Å². The van der Waals surface area contributed by atoms with Gasteiger partial charge in [-0.3, -0.25) is 14.9 Å². The van der Waals surface area contributed by atoms with E-state index in [1.54, 1.807) is 6.07 Å². The van der Waals surface area contributed by atoms with E-state index in [2.05, 4.69) is 15.1 Å². The van der Waals surface area contributed by atoms with Crippen LogP contribution in [0.4, 0.5) is 4.39 Å². The lowest BCUT2D eigenvalue weighted by Gasteiger charge is -2.00. The fraction of sp³-hybridized carbons (Fsp3) is 0.182. The molecule has 0 aliphatic heterocycles. The number of halogens is 1. The average Bonchev–Trinajstić information content (AvgIpc) is 3.22. The molecule has 4 aromatic rings. The van der Waals surface area contributed by atoms with Gasteiger partial charge >= 0.3 is 0 Å². The fourth-order valence-electron chi connectivity index (χ4n) is 3.51. The number of nitrogens with zero attached hydrogens (tertiary/aromatic N) is 2. The minimum absolute atomic E-state index is 0.112. The highest BCUT2D eigenvalue weighted by Gasteiger charge is 2.14. The Kier molecular flexibility index (Phi) is 4.69. The molecule has 0 bridgehead atoms. The van der Waals surface area contributed by atoms with Gasteiger partial charge in [0.05, 0.1) is 11.3 Å². The van der Waals surface area contributed by atoms with Crippen molar-refractivity contribution >= 4 is 16.6 Å². The molecule has 4 rings (SSSR count). The highest BCUT2D eigenvalue weighted by Crippen LogP contribution is 2.20. The first-order chi connectivity index (χ1) is 13.5. The van der Waals surface area contributed by atoms with Gasteiger partial charge < -0.3 is 4.98 Å². The number of H-pyrrole nitrogens is 2. The molecule has 2 aromatic carbocycles. The van der Waals surface area contributed by atoms with Crippen LogP contribution < -0.4 is 5.56 Å². The van der Waals surface area contributed by atoms with Gasteiger partial charge in [0.2, 0.25) is 0 Å². The summed E-state index contributed by atoms with van der Waals surface area (Å²) >= 11 is 0. The summed E-state index contributed by atoms with van der Waals surface area (Å²) in [6.45, 7) is 4.24. The largest absolute Gasteiger partial charge is 0.361 e. The zero-order valence-electron chi connectivity index (χ0n) is 15.8. The van der Waals surface area contributed by atoms with E-state index in [0.29, 0.717) is 24.2 Å². The maximum Gasteiger partial charge on any atom is 0.280 e. The molecule has 2 heterocycles. The molecule has 0 saturated carbocycles. The van der Waals surface area contributed by atoms with E-state index in [0.717, 1.165) is 27.8 Å². The van der Waals surface area contributed by atoms with E-state index >= 15 is 0 Å². The molecule has 2 N–H and O–H groups in total. The van der Waals surface area contributed by atoms with Gasteiger partial charge in [-0.1, -0.05) is 18.2 Å². The zero-order chi connectivity index (χ0) is 19.7. The monoisotopic (exact) mass is 376 g/mol. The number of aryl methyl sites for hydroxylation is 1. The van der Waals surface area contributed by atoms with E-state index in [1.165, 1.54) is 16.8 Å². The number of rotatable bonds is 5. The maximum atomic E-state index is 13.5. The lowest BCUT2D eigenvalue weighted by molar-refractivity contribution is 0.629. The number of aromatic nitrogens is 3. The van der Waals surface area contributed by atoms with Crippen LogP contribution in [-0.4, -0.2) is 27.0 Å². The molecule has 0 aliphatic carbocycles. The third-order valence-electron chi connectivity index (χ3n) is 4.91. The molecule has 0 unspecified atom stereocenters. The molecule has 142 valence electrons. The second-order valence-corrected chi connectivity index (χ2v) is 6.81. The van der Waals surface area contributed by atoms with Crippen LogP contribution in [0.2, 0.25) is 0 Å². The summed E-state index contributed by atoms with van der Waals surface area (Å²) in [5.41, 5.74) is 4.66. The van der Waals surface area contributed by atoms with Crippen molar-refractivity contribution in [1.29, 1.82) is 0 Å². The number of aliphatic imine (C=N–C) groups is 1. The van der Waals surface area contributed by atoms with Crippen molar-refractivity contribution in [3.8, 4) is 5.69 Å². The second kappa shape index (κ2) is 7.31. The summed E-state index contributed by atoms with van der Waals surface area (Å²) in [5, 5.41) is 3.99. The number of hydrogen-bond acceptors (Lipinski definition) is 2. The molecule has 0 amide bonds. The predicted molar refractivity (Wildman–Crippen MR) is 110 cm³/mol. The highest BCUT2D eigenvalue weighted by molar-refractivity contribution is 5.99. The number of para-hydroxylation sites is 1. The van der Waals surface area contributed by atoms with Crippen LogP contribution >= 0.6 is 0 Å². The Morgan fingerprint density at radius 3 is 2.75 bits per heavy atom. The molecule has 6 heteroatoms. The minimum Gasteiger partial charge on any atom is -0.361 e. The fourth-order valence-corrected chi connectivity index (χ4v) is 3.51. The van der Waals surface area contributed by atoms with Gasteiger partial charge in [0.15, 0.2) is 0 Å². The number of benzene rings is 2. The summed E-state index contributed by atoms with van der Waals surface area (Å²) in [5.74, 6) is -0.252. The van der Waals surface area contributed by atoms with E-state index in [9.17, 15) is 9.18 Å². The summed E-state index contributed by atoms with van der Waals surface area (Å²) in [4.78, 5) is 20.6. The first kappa shape index (κ1) is 18.0. The first-order valence-electron chi connectivity index (χ1n) is 9.18. The van der Waals surface area contributed by atoms with Gasteiger partial charge in [-0.05, 0) is 56.2 Å². The van der Waals surface area contributed by atoms with Crippen molar-refractivity contribution in [1.82, 2.24) is 14.8 Å². The smallest absolute Gasteiger partial charge is 0.280 e. The molecule has 0 saturated heterocycles. The maximum absolute atomic E-state index is 13.5. The molecule has 0 aliphatic rings. The molecule has 5 nitrogen and oxygen atoms in total. The number of hydrogen-bond donors (Lipinski definition) is 2. The van der Waals surface area contributed by atoms with Crippen LogP contribution in [0.5, 0.6) is 0 Å². The third-order valence-corrected chi connectivity index (χ3v) is 4.91. The second-order valence-electron chi connectivity index (χ2n) is 6.81. The Morgan fingerprint density at radius 1 is 1.18 bits per heavy atom. The van der Waals surface area contributed by atoms with Crippen molar-refractivity contribution in [3.05, 3.63) is 87.7 Å². The Morgan fingerprint density at radius 2 is 1.96 bits per heavy atom. The van der Waals surface area contributed by atoms with Crippen LogP contribution in [0.3, 0.4) is 0 Å². The average molecular weight is 376 g/mol. The van der Waals surface area contributed by atoms with E-state index in [4.69, 9.17) is 0 Å². The summed E-state index contributed by atoms with van der Waals surface area (Å²) in [6.07, 6.45) is 2.55. The normalized spacial score (nSPS) is 12.0. The van der Waals surface area contributed by atoms with Gasteiger partial charge in [-0.2, -0.15) is 0 Å². The Balaban J connectivity index is 1.57. The molecular formula is C22H21FN4O. The Bertz CT molecular complexity index is 1210. The highest BCUT2D eigenvalue weighted by atomic mass is 19.1. The van der Waals surface area contributed by atoms with Crippen molar-refractivity contribution in [2.45, 2.75) is 20.3 Å². The predicted octanol–water partition coefficient (Wildman–Crippen LogP) is 4.15. The van der Waals surface area contributed by atoms with Crippen LogP contribution in [-0.2, 0) is 6.42 Å². The lowest BCUT2D eigenvalue weighted by atomic mass is 10.1. The molecule has 28 heavy (non-hydrogen) atoms. The van der Waals surface area contributed by atoms with Crippen molar-refractivity contribution in [2.75, 3.05) is 6.54 Å². The third kappa shape index (κ3) is 3.29. The Labute approximate surface area is 161 Å². The van der Waals surface area contributed by atoms with Gasteiger partial charge in [0.1, 0.15) is 5.82 Å². The SMILES string of the molecule is CC(=NCCc1c[nH]c2ccc(F)cc12)c1c(C)[nH]n(-c2ccccc2)c1=O. The quantitative estimate of drug-likeness (QED) is 0.505. The van der Waals surface area contributed by atoms with Gasteiger partial charge in [0, 0.05) is 35.1 Å². The number of fused-ring (bicyclic) bond motifs is 1. The summed E-state index contributed by atoms with van der Waals surface area (Å²) in [7, 11) is 0. The molecule has 0 atom stereocenters. The van der Waals surface area contributed by atoms with Gasteiger partial charge in [-0.15, -0.1) is 0 Å². The first-order valence-corrected chi connectivity index (χ1v) is 9.18. The summed E-state index contributed by atoms with van der Waals surface area (Å²) in [6, 6.07) is 14.2. The molecule has 2 aromatic heterocycles. The van der Waals surface area contributed by atoms with Crippen molar-refractivity contribution < 1.29 is 4.39 Å². The lowest BCUT2D eigenvalue weighted by Crippen LogP contribution is -2.19. The zero-order valence-corrected chi connectivity index (χ0v) is 15.8. The topological polar surface area (TPSA) is 65.9 Å². The molecule has 0 spiro atoms. The van der Waals surface area contributed by atoms with E-state index < -0.39 is 0 Å². The van der Waals surface area contributed by atoms with Crippen molar-refractivity contribution in [3.63, 3.8) is 0 Å². The van der Waals surface area contributed by atoms with Crippen LogP contribution in [0, 0.1) is 12.7 Å². The Hall–Kier alpha value is -3.41. The van der Waals surface area contributed by atoms with Gasteiger partial charge in [0.25, 0.3) is 5.56 Å². The summed E-state index contributed by atoms with van der Waals surface area (Å²) < 4.78 is 15.0. The molecule has 0 radical (unpaired) electrons.